The summed E-state index contributed by atoms with van der Waals surface area (Å²) in [6.45, 7) is 9.16. The topological polar surface area (TPSA) is 28.5 Å². The van der Waals surface area contributed by atoms with E-state index >= 15 is 0 Å². The van der Waals surface area contributed by atoms with Crippen molar-refractivity contribution < 1.29 is 4.79 Å². The molecular weight excluding hydrogens is 863 g/mol. The fraction of sp³-hybridized carbons (Fsp3) is 0.0896. The second-order valence-electron chi connectivity index (χ2n) is 20.5. The number of ketones is 1. The number of benzene rings is 10. The first-order valence-corrected chi connectivity index (χ1v) is 24.7. The van der Waals surface area contributed by atoms with Crippen molar-refractivity contribution in [1.82, 2.24) is 4.57 Å². The van der Waals surface area contributed by atoms with Gasteiger partial charge in [0.05, 0.1) is 33.8 Å². The lowest BCUT2D eigenvalue weighted by atomic mass is 9.68. The highest BCUT2D eigenvalue weighted by molar-refractivity contribution is 6.14. The minimum Gasteiger partial charge on any atom is -0.309 e. The zero-order valence-electron chi connectivity index (χ0n) is 40.1. The number of para-hydroxylation sites is 4. The first-order chi connectivity index (χ1) is 34.6. The van der Waals surface area contributed by atoms with E-state index < -0.39 is 0 Å². The molecule has 3 aliphatic rings. The third kappa shape index (κ3) is 6.01. The normalized spacial score (nSPS) is 14.7. The Balaban J connectivity index is 0.874. The Morgan fingerprint density at radius 3 is 1.56 bits per heavy atom. The molecule has 0 radical (unpaired) electrons. The van der Waals surface area contributed by atoms with Gasteiger partial charge in [-0.2, -0.15) is 0 Å². The molecule has 0 bridgehead atoms. The first kappa shape index (κ1) is 41.3. The van der Waals surface area contributed by atoms with E-state index in [0.717, 1.165) is 78.6 Å². The maximum absolute atomic E-state index is 13.7. The zero-order valence-corrected chi connectivity index (χ0v) is 40.1. The third-order valence-electron chi connectivity index (χ3n) is 15.9. The van der Waals surface area contributed by atoms with Crippen LogP contribution >= 0.6 is 0 Å². The molecule has 1 aliphatic heterocycles. The van der Waals surface area contributed by atoms with E-state index in [4.69, 9.17) is 0 Å². The molecule has 0 saturated carbocycles. The van der Waals surface area contributed by atoms with Crippen molar-refractivity contribution in [2.75, 3.05) is 9.80 Å². The van der Waals surface area contributed by atoms with Crippen molar-refractivity contribution in [3.63, 3.8) is 0 Å². The van der Waals surface area contributed by atoms with Crippen LogP contribution in [0.2, 0.25) is 0 Å². The predicted molar refractivity (Wildman–Crippen MR) is 294 cm³/mol. The average Bonchev–Trinajstić information content (AvgIpc) is 3.87. The number of nitrogens with zero attached hydrogens (tertiary/aromatic N) is 3. The van der Waals surface area contributed by atoms with Crippen LogP contribution in [0.15, 0.2) is 224 Å². The molecule has 338 valence electrons. The van der Waals surface area contributed by atoms with Crippen molar-refractivity contribution in [2.24, 2.45) is 0 Å². The summed E-state index contributed by atoms with van der Waals surface area (Å²) < 4.78 is 2.45. The lowest BCUT2D eigenvalue weighted by molar-refractivity contribution is 0.103. The van der Waals surface area contributed by atoms with Gasteiger partial charge in [0, 0.05) is 49.8 Å². The van der Waals surface area contributed by atoms with Crippen LogP contribution in [0.4, 0.5) is 34.1 Å². The maximum Gasteiger partial charge on any atom is 0.193 e. The van der Waals surface area contributed by atoms with E-state index in [1.165, 1.54) is 49.7 Å². The summed E-state index contributed by atoms with van der Waals surface area (Å²) in [4.78, 5) is 18.5. The van der Waals surface area contributed by atoms with Crippen molar-refractivity contribution in [2.45, 2.75) is 38.5 Å². The molecule has 0 fully saturated rings. The predicted octanol–water partition coefficient (Wildman–Crippen LogP) is 17.5. The van der Waals surface area contributed by atoms with E-state index in [1.807, 2.05) is 24.3 Å². The highest BCUT2D eigenvalue weighted by Crippen LogP contribution is 2.56. The van der Waals surface area contributed by atoms with Gasteiger partial charge < -0.3 is 14.4 Å². The first-order valence-electron chi connectivity index (χ1n) is 24.7. The number of anilines is 6. The number of carbonyl (C=O) groups excluding carboxylic acids is 1. The zero-order chi connectivity index (χ0) is 47.8. The molecule has 11 aromatic rings. The van der Waals surface area contributed by atoms with Crippen molar-refractivity contribution >= 4 is 61.7 Å². The molecule has 71 heavy (non-hydrogen) atoms. The molecular formula is C67H49N3O. The SMILES string of the molecule is CC1(C)c2ccccc2C(=O)c2ccc(-c3ccc(N4c5ccccc5N(c5ccccc5)c5cc(-c6ccc7c(c6)c6ccccc6n7-c6ccc7c(c6)C(C)(C)c6ccccc6-7)ccc54)cc3)cc21. The summed E-state index contributed by atoms with van der Waals surface area (Å²) in [5, 5.41) is 2.46. The van der Waals surface area contributed by atoms with Gasteiger partial charge in [0.15, 0.2) is 5.78 Å². The van der Waals surface area contributed by atoms with Gasteiger partial charge >= 0.3 is 0 Å². The van der Waals surface area contributed by atoms with E-state index in [1.54, 1.807) is 0 Å². The van der Waals surface area contributed by atoms with E-state index in [9.17, 15) is 4.79 Å². The fourth-order valence-electron chi connectivity index (χ4n) is 12.3. The summed E-state index contributed by atoms with van der Waals surface area (Å²) in [5.74, 6) is 0.0990. The Kier molecular flexibility index (Phi) is 8.79. The molecule has 2 heterocycles. The van der Waals surface area contributed by atoms with Gasteiger partial charge in [0.1, 0.15) is 0 Å². The molecule has 0 saturated heterocycles. The average molecular weight is 912 g/mol. The Morgan fingerprint density at radius 2 is 0.789 bits per heavy atom. The van der Waals surface area contributed by atoms with Crippen molar-refractivity contribution in [1.29, 1.82) is 0 Å². The number of rotatable bonds is 5. The quantitative estimate of drug-likeness (QED) is 0.172. The standard InChI is InChI=1S/C67H49N3O/c1-66(2)55-21-11-8-18-49(55)50-35-33-48(41-58(50)66)70-59-23-13-10-19-51(59)54-38-43(29-36-60(54)70)45-30-37-63-64(40-45)69(46-16-6-5-7-17-46)62-25-15-14-24-61(62)68(63)47-31-26-42(27-32-47)44-28-34-53-57(39-44)67(3,4)56-22-12-9-20-52(56)65(53)71/h5-41H,1-4H3. The molecule has 0 amide bonds. The van der Waals surface area contributed by atoms with Crippen LogP contribution in [-0.4, -0.2) is 10.4 Å². The van der Waals surface area contributed by atoms with Gasteiger partial charge in [-0.3, -0.25) is 4.79 Å². The number of hydrogen-bond donors (Lipinski definition) is 0. The molecule has 1 aromatic heterocycles. The highest BCUT2D eigenvalue weighted by Gasteiger charge is 2.38. The van der Waals surface area contributed by atoms with Crippen molar-refractivity contribution in [3.8, 4) is 39.1 Å². The van der Waals surface area contributed by atoms with Gasteiger partial charge in [-0.1, -0.05) is 167 Å². The van der Waals surface area contributed by atoms with Gasteiger partial charge in [0.25, 0.3) is 0 Å². The molecule has 0 N–H and O–H groups in total. The van der Waals surface area contributed by atoms with Crippen LogP contribution < -0.4 is 9.80 Å². The second-order valence-corrected chi connectivity index (χ2v) is 20.5. The van der Waals surface area contributed by atoms with Crippen LogP contribution in [0.25, 0.3) is 60.9 Å². The molecule has 0 atom stereocenters. The van der Waals surface area contributed by atoms with Crippen LogP contribution in [0, 0.1) is 0 Å². The van der Waals surface area contributed by atoms with Crippen molar-refractivity contribution in [3.05, 3.63) is 258 Å². The van der Waals surface area contributed by atoms with Gasteiger partial charge in [-0.05, 0) is 141 Å². The van der Waals surface area contributed by atoms with E-state index in [2.05, 4.69) is 242 Å². The smallest absolute Gasteiger partial charge is 0.193 e. The summed E-state index contributed by atoms with van der Waals surface area (Å²) in [5.41, 5.74) is 23.4. The molecule has 2 aliphatic carbocycles. The lowest BCUT2D eigenvalue weighted by Gasteiger charge is -2.40. The number of hydrogen-bond acceptors (Lipinski definition) is 3. The lowest BCUT2D eigenvalue weighted by Crippen LogP contribution is -2.30. The molecule has 4 nitrogen and oxygen atoms in total. The fourth-order valence-corrected chi connectivity index (χ4v) is 12.3. The van der Waals surface area contributed by atoms with E-state index in [-0.39, 0.29) is 16.6 Å². The maximum atomic E-state index is 13.7. The minimum absolute atomic E-state index is 0.0922. The van der Waals surface area contributed by atoms with Crippen LogP contribution in [-0.2, 0) is 10.8 Å². The number of carbonyl (C=O) groups is 1. The van der Waals surface area contributed by atoms with Gasteiger partial charge in [-0.25, -0.2) is 0 Å². The van der Waals surface area contributed by atoms with E-state index in [0.29, 0.717) is 0 Å². The number of fused-ring (bicyclic) bond motifs is 10. The minimum atomic E-state index is -0.306. The molecule has 0 unspecified atom stereocenters. The van der Waals surface area contributed by atoms with Crippen LogP contribution in [0.1, 0.15) is 65.9 Å². The van der Waals surface area contributed by atoms with Crippen LogP contribution in [0.3, 0.4) is 0 Å². The number of aromatic nitrogens is 1. The molecule has 4 heteroatoms. The Morgan fingerprint density at radius 1 is 0.310 bits per heavy atom. The molecule has 10 aromatic carbocycles. The highest BCUT2D eigenvalue weighted by atomic mass is 16.1. The summed E-state index contributed by atoms with van der Waals surface area (Å²) in [6.07, 6.45) is 0. The summed E-state index contributed by atoms with van der Waals surface area (Å²) in [6, 6.07) is 81.4. The molecule has 0 spiro atoms. The molecule has 14 rings (SSSR count). The van der Waals surface area contributed by atoms with Gasteiger partial charge in [0.2, 0.25) is 0 Å². The summed E-state index contributed by atoms with van der Waals surface area (Å²) >= 11 is 0. The Labute approximate surface area is 414 Å². The second kappa shape index (κ2) is 15.1. The largest absolute Gasteiger partial charge is 0.309 e. The van der Waals surface area contributed by atoms with Gasteiger partial charge in [-0.15, -0.1) is 0 Å². The summed E-state index contributed by atoms with van der Waals surface area (Å²) in [7, 11) is 0. The monoisotopic (exact) mass is 911 g/mol. The third-order valence-corrected chi connectivity index (χ3v) is 15.9. The Bertz CT molecular complexity index is 4020. The van der Waals surface area contributed by atoms with Crippen LogP contribution in [0.5, 0.6) is 0 Å². The Hall–Kier alpha value is -8.73.